The van der Waals surface area contributed by atoms with Gasteiger partial charge in [0.1, 0.15) is 27.3 Å². The van der Waals surface area contributed by atoms with Crippen LogP contribution < -0.4 is 0 Å². The largest absolute Gasteiger partial charge is 0.308 e. The van der Waals surface area contributed by atoms with E-state index in [1.165, 1.54) is 0 Å². The number of hydrogen-bond donors (Lipinski definition) is 0. The molecule has 1 aliphatic rings. The Bertz CT molecular complexity index is 1300. The third-order valence-corrected chi connectivity index (χ3v) is 7.79. The standard InChI is InChI=1S/C19H20N6O2S2/c1-2-5-17-21-15-7-4-10-20-19(15)25(17)13-9-11-24(12-13)29(26,27)16-8-3-6-14-18(16)23-28-22-14/h3-4,6-8,10,13H,2,5,9,11-12H2,1H3. The Morgan fingerprint density at radius 2 is 2.03 bits per heavy atom. The van der Waals surface area contributed by atoms with E-state index in [1.807, 2.05) is 12.1 Å². The molecule has 10 heteroatoms. The van der Waals surface area contributed by atoms with Crippen LogP contribution in [0.4, 0.5) is 0 Å². The Morgan fingerprint density at radius 1 is 1.17 bits per heavy atom. The SMILES string of the molecule is CCCc1nc2cccnc2n1C1CCN(S(=O)(=O)c2cccc3nsnc23)C1. The van der Waals surface area contributed by atoms with Crippen molar-refractivity contribution < 1.29 is 8.42 Å². The van der Waals surface area contributed by atoms with Gasteiger partial charge in [-0.15, -0.1) is 0 Å². The van der Waals surface area contributed by atoms with Crippen LogP contribution in [0.2, 0.25) is 0 Å². The van der Waals surface area contributed by atoms with E-state index in [0.717, 1.165) is 48.0 Å². The van der Waals surface area contributed by atoms with Gasteiger partial charge < -0.3 is 4.57 Å². The number of sulfonamides is 1. The summed E-state index contributed by atoms with van der Waals surface area (Å²) < 4.78 is 38.8. The number of aromatic nitrogens is 5. The van der Waals surface area contributed by atoms with Crippen LogP contribution in [0.15, 0.2) is 41.4 Å². The fourth-order valence-electron chi connectivity index (χ4n) is 4.03. The van der Waals surface area contributed by atoms with Crippen LogP contribution in [-0.4, -0.2) is 49.1 Å². The smallest absolute Gasteiger partial charge is 0.245 e. The second-order valence-corrected chi connectivity index (χ2v) is 9.62. The molecular formula is C19H20N6O2S2. The molecule has 0 saturated carbocycles. The highest BCUT2D eigenvalue weighted by Crippen LogP contribution is 2.32. The molecule has 8 nitrogen and oxygen atoms in total. The lowest BCUT2D eigenvalue weighted by molar-refractivity contribution is 0.449. The summed E-state index contributed by atoms with van der Waals surface area (Å²) in [7, 11) is -3.65. The van der Waals surface area contributed by atoms with Gasteiger partial charge in [-0.25, -0.2) is 18.4 Å². The predicted molar refractivity (Wildman–Crippen MR) is 111 cm³/mol. The van der Waals surface area contributed by atoms with Gasteiger partial charge in [0.2, 0.25) is 10.0 Å². The van der Waals surface area contributed by atoms with E-state index in [9.17, 15) is 8.42 Å². The quantitative estimate of drug-likeness (QED) is 0.485. The third-order valence-electron chi connectivity index (χ3n) is 5.35. The molecule has 1 atom stereocenters. The highest BCUT2D eigenvalue weighted by molar-refractivity contribution is 7.89. The zero-order valence-corrected chi connectivity index (χ0v) is 17.5. The molecule has 1 unspecified atom stereocenters. The van der Waals surface area contributed by atoms with Crippen LogP contribution >= 0.6 is 11.7 Å². The highest BCUT2D eigenvalue weighted by Gasteiger charge is 2.36. The summed E-state index contributed by atoms with van der Waals surface area (Å²) in [5, 5.41) is 0. The minimum absolute atomic E-state index is 0.0130. The second-order valence-electron chi connectivity index (χ2n) is 7.19. The van der Waals surface area contributed by atoms with Crippen molar-refractivity contribution in [2.45, 2.75) is 37.1 Å². The number of fused-ring (bicyclic) bond motifs is 2. The van der Waals surface area contributed by atoms with Crippen molar-refractivity contribution in [2.75, 3.05) is 13.1 Å². The molecule has 1 fully saturated rings. The molecule has 4 heterocycles. The second kappa shape index (κ2) is 7.12. The van der Waals surface area contributed by atoms with Crippen molar-refractivity contribution in [3.05, 3.63) is 42.4 Å². The molecule has 3 aromatic heterocycles. The number of hydrogen-bond acceptors (Lipinski definition) is 7. The van der Waals surface area contributed by atoms with Gasteiger partial charge in [0.15, 0.2) is 5.65 Å². The maximum Gasteiger partial charge on any atom is 0.245 e. The fourth-order valence-corrected chi connectivity index (χ4v) is 6.27. The van der Waals surface area contributed by atoms with Crippen LogP contribution in [0.3, 0.4) is 0 Å². The summed E-state index contributed by atoms with van der Waals surface area (Å²) in [6.45, 7) is 2.97. The van der Waals surface area contributed by atoms with E-state index >= 15 is 0 Å². The summed E-state index contributed by atoms with van der Waals surface area (Å²) in [6, 6.07) is 8.96. The van der Waals surface area contributed by atoms with Gasteiger partial charge in [-0.2, -0.15) is 13.1 Å². The molecule has 0 spiro atoms. The number of rotatable bonds is 5. The monoisotopic (exact) mass is 428 g/mol. The number of benzene rings is 1. The van der Waals surface area contributed by atoms with Crippen LogP contribution in [0.5, 0.6) is 0 Å². The third kappa shape index (κ3) is 3.02. The Balaban J connectivity index is 1.51. The fraction of sp³-hybridized carbons (Fsp3) is 0.368. The molecule has 4 aromatic rings. The summed E-state index contributed by atoms with van der Waals surface area (Å²) in [4.78, 5) is 9.49. The summed E-state index contributed by atoms with van der Waals surface area (Å²) in [5.74, 6) is 0.969. The number of pyridine rings is 1. The van der Waals surface area contributed by atoms with E-state index in [0.29, 0.717) is 24.1 Å². The van der Waals surface area contributed by atoms with Gasteiger partial charge in [0.05, 0.1) is 17.8 Å². The highest BCUT2D eigenvalue weighted by atomic mass is 32.2. The lowest BCUT2D eigenvalue weighted by atomic mass is 10.2. The zero-order chi connectivity index (χ0) is 20.0. The number of aryl methyl sites for hydroxylation is 1. The number of nitrogens with zero attached hydrogens (tertiary/aromatic N) is 6. The average molecular weight is 429 g/mol. The van der Waals surface area contributed by atoms with Crippen molar-refractivity contribution in [1.29, 1.82) is 0 Å². The molecule has 0 N–H and O–H groups in total. The molecule has 1 aromatic carbocycles. The van der Waals surface area contributed by atoms with Crippen LogP contribution in [0.25, 0.3) is 22.2 Å². The van der Waals surface area contributed by atoms with E-state index in [2.05, 4.69) is 25.2 Å². The van der Waals surface area contributed by atoms with Crippen molar-refractivity contribution >= 4 is 43.9 Å². The minimum atomic E-state index is -3.65. The Labute approximate surface area is 172 Å². The van der Waals surface area contributed by atoms with Gasteiger partial charge in [-0.1, -0.05) is 13.0 Å². The Morgan fingerprint density at radius 3 is 2.90 bits per heavy atom. The van der Waals surface area contributed by atoms with Gasteiger partial charge in [0.25, 0.3) is 0 Å². The first-order valence-corrected chi connectivity index (χ1v) is 11.8. The van der Waals surface area contributed by atoms with E-state index in [4.69, 9.17) is 4.98 Å². The van der Waals surface area contributed by atoms with Crippen LogP contribution in [0.1, 0.15) is 31.6 Å². The molecule has 5 rings (SSSR count). The van der Waals surface area contributed by atoms with Crippen molar-refractivity contribution in [3.8, 4) is 0 Å². The molecule has 0 radical (unpaired) electrons. The Hall–Kier alpha value is -2.43. The van der Waals surface area contributed by atoms with Crippen LogP contribution in [-0.2, 0) is 16.4 Å². The number of imidazole rings is 1. The topological polar surface area (TPSA) is 93.9 Å². The van der Waals surface area contributed by atoms with Crippen molar-refractivity contribution in [2.24, 2.45) is 0 Å². The molecule has 1 aliphatic heterocycles. The maximum atomic E-state index is 13.4. The van der Waals surface area contributed by atoms with E-state index in [-0.39, 0.29) is 10.9 Å². The normalized spacial score (nSPS) is 18.2. The molecule has 0 aliphatic carbocycles. The molecule has 1 saturated heterocycles. The van der Waals surface area contributed by atoms with Crippen molar-refractivity contribution in [1.82, 2.24) is 27.6 Å². The average Bonchev–Trinajstić information content (AvgIpc) is 3.45. The molecule has 0 amide bonds. The first-order chi connectivity index (χ1) is 14.1. The van der Waals surface area contributed by atoms with Crippen LogP contribution in [0, 0.1) is 0 Å². The van der Waals surface area contributed by atoms with Crippen molar-refractivity contribution in [3.63, 3.8) is 0 Å². The van der Waals surface area contributed by atoms with Gasteiger partial charge in [-0.3, -0.25) is 0 Å². The lowest BCUT2D eigenvalue weighted by Crippen LogP contribution is -2.29. The minimum Gasteiger partial charge on any atom is -0.308 e. The van der Waals surface area contributed by atoms with Gasteiger partial charge in [0, 0.05) is 25.7 Å². The zero-order valence-electron chi connectivity index (χ0n) is 15.9. The first-order valence-electron chi connectivity index (χ1n) is 9.63. The first kappa shape index (κ1) is 18.6. The molecule has 0 bridgehead atoms. The molecule has 150 valence electrons. The summed E-state index contributed by atoms with van der Waals surface area (Å²) >= 11 is 1.03. The summed E-state index contributed by atoms with van der Waals surface area (Å²) in [6.07, 6.45) is 4.29. The van der Waals surface area contributed by atoms with E-state index < -0.39 is 10.0 Å². The molecular weight excluding hydrogens is 408 g/mol. The van der Waals surface area contributed by atoms with E-state index in [1.54, 1.807) is 28.7 Å². The van der Waals surface area contributed by atoms with Gasteiger partial charge in [-0.05, 0) is 37.1 Å². The van der Waals surface area contributed by atoms with Gasteiger partial charge >= 0.3 is 0 Å². The maximum absolute atomic E-state index is 13.4. The predicted octanol–water partition coefficient (Wildman–Crippen LogP) is 3.02. The molecule has 29 heavy (non-hydrogen) atoms. The Kier molecular flexibility index (Phi) is 4.56. The lowest BCUT2D eigenvalue weighted by Gasteiger charge is -2.19. The summed E-state index contributed by atoms with van der Waals surface area (Å²) in [5.41, 5.74) is 2.74.